The van der Waals surface area contributed by atoms with Crippen LogP contribution in [0, 0.1) is 6.92 Å². The van der Waals surface area contributed by atoms with E-state index in [1.54, 1.807) is 0 Å². The number of benzene rings is 1. The van der Waals surface area contributed by atoms with Crippen LogP contribution in [0.25, 0.3) is 0 Å². The number of carboxylic acid groups (broad SMARTS) is 1. The molecule has 1 aromatic rings. The van der Waals surface area contributed by atoms with Crippen LogP contribution in [0.5, 0.6) is 0 Å². The van der Waals surface area contributed by atoms with Crippen molar-refractivity contribution in [2.75, 3.05) is 7.11 Å². The van der Waals surface area contributed by atoms with Gasteiger partial charge < -0.3 is 20.1 Å². The molecule has 0 heterocycles. The van der Waals surface area contributed by atoms with E-state index in [0.717, 1.165) is 7.11 Å². The van der Waals surface area contributed by atoms with Crippen LogP contribution in [0.1, 0.15) is 27.6 Å². The maximum absolute atomic E-state index is 11.1. The first-order valence-corrected chi connectivity index (χ1v) is 5.17. The molecule has 0 aliphatic carbocycles. The fourth-order valence-electron chi connectivity index (χ4n) is 1.63. The van der Waals surface area contributed by atoms with Crippen molar-refractivity contribution in [1.82, 2.24) is 0 Å². The van der Waals surface area contributed by atoms with Gasteiger partial charge in [-0.15, -0.1) is 0 Å². The zero-order valence-electron chi connectivity index (χ0n) is 9.95. The van der Waals surface area contributed by atoms with Gasteiger partial charge in [0.15, 0.2) is 6.10 Å². The lowest BCUT2D eigenvalue weighted by Gasteiger charge is -2.18. The number of carbonyl (C=O) groups is 2. The summed E-state index contributed by atoms with van der Waals surface area (Å²) in [5.41, 5.74) is 0.469. The average molecular weight is 254 g/mol. The Hall–Kier alpha value is -1.92. The quantitative estimate of drug-likeness (QED) is 0.666. The second kappa shape index (κ2) is 5.61. The van der Waals surface area contributed by atoms with Gasteiger partial charge in [-0.2, -0.15) is 0 Å². The predicted octanol–water partition coefficient (Wildman–Crippen LogP) is 0.261. The number of aliphatic hydroxyl groups excluding tert-OH is 2. The highest BCUT2D eigenvalue weighted by molar-refractivity contribution is 5.89. The monoisotopic (exact) mass is 254 g/mol. The van der Waals surface area contributed by atoms with Crippen LogP contribution >= 0.6 is 0 Å². The van der Waals surface area contributed by atoms with Crippen LogP contribution in [0.4, 0.5) is 0 Å². The highest BCUT2D eigenvalue weighted by atomic mass is 16.5. The summed E-state index contributed by atoms with van der Waals surface area (Å²) in [5, 5.41) is 28.3. The first kappa shape index (κ1) is 14.1. The molecule has 3 N–H and O–H groups in total. The zero-order chi connectivity index (χ0) is 13.9. The molecule has 0 saturated heterocycles. The Kier molecular flexibility index (Phi) is 4.41. The summed E-state index contributed by atoms with van der Waals surface area (Å²) in [7, 11) is 1.08. The molecule has 0 radical (unpaired) electrons. The minimum absolute atomic E-state index is 0.00335. The van der Waals surface area contributed by atoms with E-state index >= 15 is 0 Å². The first-order valence-electron chi connectivity index (χ1n) is 5.17. The number of aliphatic hydroxyl groups is 2. The summed E-state index contributed by atoms with van der Waals surface area (Å²) in [5.74, 6) is -2.13. The van der Waals surface area contributed by atoms with Crippen molar-refractivity contribution in [2.45, 2.75) is 19.1 Å². The summed E-state index contributed by atoms with van der Waals surface area (Å²) < 4.78 is 4.31. The summed E-state index contributed by atoms with van der Waals surface area (Å²) in [6, 6.07) is 4.25. The normalized spacial score (nSPS) is 13.8. The second-order valence-corrected chi connectivity index (χ2v) is 3.74. The van der Waals surface area contributed by atoms with Gasteiger partial charge in [0.25, 0.3) is 0 Å². The van der Waals surface area contributed by atoms with Gasteiger partial charge in [0.2, 0.25) is 0 Å². The van der Waals surface area contributed by atoms with Gasteiger partial charge in [0, 0.05) is 0 Å². The molecule has 0 aliphatic heterocycles. The Bertz CT molecular complexity index is 468. The van der Waals surface area contributed by atoms with Crippen LogP contribution in [0.3, 0.4) is 0 Å². The number of aromatic carboxylic acids is 1. The van der Waals surface area contributed by atoms with Crippen molar-refractivity contribution in [3.8, 4) is 0 Å². The minimum Gasteiger partial charge on any atom is -0.478 e. The molecular formula is C12H14O6. The predicted molar refractivity (Wildman–Crippen MR) is 61.1 cm³/mol. The topological polar surface area (TPSA) is 104 Å². The second-order valence-electron chi connectivity index (χ2n) is 3.74. The number of esters is 1. The van der Waals surface area contributed by atoms with Crippen LogP contribution in [0.15, 0.2) is 18.2 Å². The third kappa shape index (κ3) is 2.66. The standard InChI is InChI=1S/C12H14O6/c1-6-7(4-3-5-8(6)11(15)16)9(13)10(14)12(17)18-2/h3-5,9-10,13-14H,1-2H3,(H,15,16). The summed E-state index contributed by atoms with van der Waals surface area (Å²) >= 11 is 0. The van der Waals surface area contributed by atoms with Crippen LogP contribution in [0.2, 0.25) is 0 Å². The molecule has 0 amide bonds. The number of hydrogen-bond acceptors (Lipinski definition) is 5. The summed E-state index contributed by atoms with van der Waals surface area (Å²) in [4.78, 5) is 22.0. The molecule has 98 valence electrons. The first-order chi connectivity index (χ1) is 8.40. The van der Waals surface area contributed by atoms with E-state index in [0.29, 0.717) is 5.56 Å². The Morgan fingerprint density at radius 2 is 1.89 bits per heavy atom. The molecule has 0 fully saturated rings. The molecule has 2 unspecified atom stereocenters. The molecular weight excluding hydrogens is 240 g/mol. The lowest BCUT2D eigenvalue weighted by molar-refractivity contribution is -0.156. The molecule has 0 spiro atoms. The number of methoxy groups -OCH3 is 1. The molecule has 18 heavy (non-hydrogen) atoms. The van der Waals surface area contributed by atoms with Crippen molar-refractivity contribution in [3.05, 3.63) is 34.9 Å². The van der Waals surface area contributed by atoms with Gasteiger partial charge in [-0.05, 0) is 24.1 Å². The fraction of sp³-hybridized carbons (Fsp3) is 0.333. The summed E-state index contributed by atoms with van der Waals surface area (Å²) in [6.45, 7) is 1.49. The lowest BCUT2D eigenvalue weighted by Crippen LogP contribution is -2.29. The van der Waals surface area contributed by atoms with E-state index in [1.807, 2.05) is 0 Å². The van der Waals surface area contributed by atoms with E-state index in [9.17, 15) is 19.8 Å². The highest BCUT2D eigenvalue weighted by Crippen LogP contribution is 2.24. The number of hydrogen-bond donors (Lipinski definition) is 3. The van der Waals surface area contributed by atoms with Gasteiger partial charge in [-0.3, -0.25) is 0 Å². The third-order valence-electron chi connectivity index (χ3n) is 2.67. The van der Waals surface area contributed by atoms with Gasteiger partial charge in [-0.25, -0.2) is 9.59 Å². The maximum atomic E-state index is 11.1. The van der Waals surface area contributed by atoms with Crippen LogP contribution in [-0.2, 0) is 9.53 Å². The van der Waals surface area contributed by atoms with Crippen molar-refractivity contribution in [1.29, 1.82) is 0 Å². The lowest BCUT2D eigenvalue weighted by atomic mass is 9.95. The van der Waals surface area contributed by atoms with Gasteiger partial charge in [0.05, 0.1) is 12.7 Å². The van der Waals surface area contributed by atoms with Gasteiger partial charge in [-0.1, -0.05) is 12.1 Å². The SMILES string of the molecule is COC(=O)C(O)C(O)c1cccc(C(=O)O)c1C. The minimum atomic E-state index is -1.75. The number of ether oxygens (including phenoxy) is 1. The largest absolute Gasteiger partial charge is 0.478 e. The van der Waals surface area contributed by atoms with Crippen molar-refractivity contribution in [2.24, 2.45) is 0 Å². The highest BCUT2D eigenvalue weighted by Gasteiger charge is 2.28. The molecule has 6 heteroatoms. The van der Waals surface area contributed by atoms with E-state index in [1.165, 1.54) is 25.1 Å². The molecule has 0 saturated carbocycles. The molecule has 0 aliphatic rings. The van der Waals surface area contributed by atoms with E-state index in [-0.39, 0.29) is 11.1 Å². The van der Waals surface area contributed by atoms with Gasteiger partial charge in [0.1, 0.15) is 6.10 Å². The number of rotatable bonds is 4. The number of carboxylic acids is 1. The zero-order valence-corrected chi connectivity index (χ0v) is 9.95. The van der Waals surface area contributed by atoms with E-state index in [4.69, 9.17) is 5.11 Å². The molecule has 1 rings (SSSR count). The smallest absolute Gasteiger partial charge is 0.337 e. The Balaban J connectivity index is 3.14. The number of carbonyl (C=O) groups excluding carboxylic acids is 1. The van der Waals surface area contributed by atoms with Crippen molar-refractivity contribution >= 4 is 11.9 Å². The summed E-state index contributed by atoms with van der Waals surface area (Å²) in [6.07, 6.45) is -3.28. The van der Waals surface area contributed by atoms with E-state index < -0.39 is 24.1 Å². The van der Waals surface area contributed by atoms with Gasteiger partial charge >= 0.3 is 11.9 Å². The Morgan fingerprint density at radius 3 is 2.39 bits per heavy atom. The van der Waals surface area contributed by atoms with Crippen LogP contribution in [-0.4, -0.2) is 40.5 Å². The molecule has 0 aromatic heterocycles. The average Bonchev–Trinajstić information content (AvgIpc) is 2.36. The Labute approximate surface area is 103 Å². The molecule has 6 nitrogen and oxygen atoms in total. The van der Waals surface area contributed by atoms with Crippen LogP contribution < -0.4 is 0 Å². The molecule has 2 atom stereocenters. The molecule has 0 bridgehead atoms. The van der Waals surface area contributed by atoms with E-state index in [2.05, 4.69) is 4.74 Å². The fourth-order valence-corrected chi connectivity index (χ4v) is 1.63. The van der Waals surface area contributed by atoms with Crippen molar-refractivity contribution in [3.63, 3.8) is 0 Å². The Morgan fingerprint density at radius 1 is 1.28 bits per heavy atom. The van der Waals surface area contributed by atoms with Crippen molar-refractivity contribution < 1.29 is 29.6 Å². The maximum Gasteiger partial charge on any atom is 0.337 e. The molecule has 1 aromatic carbocycles. The third-order valence-corrected chi connectivity index (χ3v) is 2.67.